The van der Waals surface area contributed by atoms with Crippen LogP contribution in [0.25, 0.3) is 22.2 Å². The van der Waals surface area contributed by atoms with Crippen LogP contribution < -0.4 is 15.0 Å². The van der Waals surface area contributed by atoms with Crippen LogP contribution in [0.1, 0.15) is 18.3 Å². The van der Waals surface area contributed by atoms with Crippen molar-refractivity contribution in [3.63, 3.8) is 0 Å². The molecule has 0 amide bonds. The Bertz CT molecular complexity index is 1250. The van der Waals surface area contributed by atoms with Crippen molar-refractivity contribution in [1.29, 1.82) is 0 Å². The first-order valence-electron chi connectivity index (χ1n) is 11.4. The number of alkyl halides is 1. The molecule has 1 fully saturated rings. The van der Waals surface area contributed by atoms with Crippen LogP contribution in [0.3, 0.4) is 0 Å². The highest BCUT2D eigenvalue weighted by atomic mass is 19.1. The Morgan fingerprint density at radius 3 is 2.61 bits per heavy atom. The maximum atomic E-state index is 13.5. The molecule has 170 valence electrons. The third kappa shape index (κ3) is 4.54. The van der Waals surface area contributed by atoms with Gasteiger partial charge in [0.25, 0.3) is 0 Å². The molecule has 0 bridgehead atoms. The number of aromatic nitrogens is 3. The number of hydrogen-bond donors (Lipinski definition) is 1. The van der Waals surface area contributed by atoms with Crippen LogP contribution in [-0.4, -0.2) is 47.1 Å². The summed E-state index contributed by atoms with van der Waals surface area (Å²) in [5.41, 5.74) is 5.02. The minimum absolute atomic E-state index is 0.550. The smallest absolute Gasteiger partial charge is 0.235 e. The van der Waals surface area contributed by atoms with Crippen LogP contribution in [0.15, 0.2) is 60.8 Å². The van der Waals surface area contributed by atoms with Gasteiger partial charge in [0.05, 0.1) is 17.6 Å². The fourth-order valence-electron chi connectivity index (χ4n) is 4.35. The van der Waals surface area contributed by atoms with E-state index in [0.29, 0.717) is 12.3 Å². The molecule has 1 aliphatic heterocycles. The molecule has 2 aromatic carbocycles. The Labute approximate surface area is 193 Å². The summed E-state index contributed by atoms with van der Waals surface area (Å²) in [7, 11) is 0. The molecule has 0 aliphatic carbocycles. The molecular weight excluding hydrogens is 417 g/mol. The van der Waals surface area contributed by atoms with Crippen molar-refractivity contribution in [3.05, 3.63) is 72.2 Å². The number of ether oxygens (including phenoxy) is 1. The van der Waals surface area contributed by atoms with Crippen LogP contribution in [-0.2, 0) is 6.54 Å². The molecule has 5 rings (SSSR count). The predicted molar refractivity (Wildman–Crippen MR) is 130 cm³/mol. The van der Waals surface area contributed by atoms with Gasteiger partial charge in [0.2, 0.25) is 6.36 Å². The second-order valence-corrected chi connectivity index (χ2v) is 8.36. The van der Waals surface area contributed by atoms with Crippen molar-refractivity contribution in [2.24, 2.45) is 0 Å². The topological polar surface area (TPSA) is 55.2 Å². The lowest BCUT2D eigenvalue weighted by atomic mass is 10.1. The fourth-order valence-corrected chi connectivity index (χ4v) is 4.35. The Kier molecular flexibility index (Phi) is 5.96. The third-order valence-corrected chi connectivity index (χ3v) is 6.05. The molecule has 7 heteroatoms. The summed E-state index contributed by atoms with van der Waals surface area (Å²) in [5, 5.41) is 3.37. The maximum Gasteiger partial charge on any atom is 0.235 e. The lowest BCUT2D eigenvalue weighted by Gasteiger charge is -2.28. The molecule has 33 heavy (non-hydrogen) atoms. The lowest BCUT2D eigenvalue weighted by molar-refractivity contribution is 0.0848. The second kappa shape index (κ2) is 9.19. The number of fused-ring (bicyclic) bond motifs is 1. The van der Waals surface area contributed by atoms with Crippen LogP contribution in [0.5, 0.6) is 5.75 Å². The zero-order valence-corrected chi connectivity index (χ0v) is 19.0. The normalized spacial score (nSPS) is 15.1. The molecule has 4 aromatic rings. The highest BCUT2D eigenvalue weighted by Gasteiger charge is 2.14. The molecule has 6 nitrogen and oxygen atoms in total. The number of rotatable bonds is 6. The van der Waals surface area contributed by atoms with E-state index in [1.54, 1.807) is 6.07 Å². The molecule has 3 heterocycles. The number of hydrogen-bond acceptors (Lipinski definition) is 5. The number of aryl methyl sites for hydroxylation is 1. The van der Waals surface area contributed by atoms with Gasteiger partial charge in [-0.15, -0.1) is 0 Å². The van der Waals surface area contributed by atoms with Gasteiger partial charge in [-0.25, -0.2) is 14.4 Å². The zero-order chi connectivity index (χ0) is 22.8. The van der Waals surface area contributed by atoms with E-state index in [4.69, 9.17) is 14.7 Å². The van der Waals surface area contributed by atoms with Gasteiger partial charge in [-0.05, 0) is 42.8 Å². The SMILES string of the molecule is Cc1nc2ccc(-c3ccc(N4CCNCC4)nc3)cc2n1Cc1ccccc1OC(C)F. The van der Waals surface area contributed by atoms with Crippen LogP contribution >= 0.6 is 0 Å². The number of halogens is 1. The molecule has 2 aromatic heterocycles. The van der Waals surface area contributed by atoms with E-state index >= 15 is 0 Å². The molecule has 1 unspecified atom stereocenters. The molecule has 0 spiro atoms. The molecule has 1 atom stereocenters. The fraction of sp³-hybridized carbons (Fsp3) is 0.308. The number of nitrogens with one attached hydrogen (secondary N) is 1. The van der Waals surface area contributed by atoms with E-state index in [0.717, 1.165) is 65.5 Å². The number of pyridine rings is 1. The number of benzene rings is 2. The number of para-hydroxylation sites is 1. The quantitative estimate of drug-likeness (QED) is 0.472. The molecule has 1 N–H and O–H groups in total. The van der Waals surface area contributed by atoms with E-state index in [1.165, 1.54) is 6.92 Å². The summed E-state index contributed by atoms with van der Waals surface area (Å²) < 4.78 is 21.0. The zero-order valence-electron chi connectivity index (χ0n) is 19.0. The summed E-state index contributed by atoms with van der Waals surface area (Å²) in [6.07, 6.45) is 0.577. The first-order chi connectivity index (χ1) is 16.1. The Hall–Kier alpha value is -3.45. The Morgan fingerprint density at radius 1 is 1.06 bits per heavy atom. The minimum Gasteiger partial charge on any atom is -0.460 e. The molecule has 0 saturated carbocycles. The monoisotopic (exact) mass is 445 g/mol. The van der Waals surface area contributed by atoms with Crippen molar-refractivity contribution in [3.8, 4) is 16.9 Å². The van der Waals surface area contributed by atoms with Crippen molar-refractivity contribution in [2.75, 3.05) is 31.1 Å². The van der Waals surface area contributed by atoms with E-state index in [9.17, 15) is 4.39 Å². The van der Waals surface area contributed by atoms with Crippen molar-refractivity contribution < 1.29 is 9.13 Å². The van der Waals surface area contributed by atoms with E-state index in [-0.39, 0.29) is 0 Å². The molecular formula is C26H28FN5O. The van der Waals surface area contributed by atoms with Gasteiger partial charge >= 0.3 is 0 Å². The summed E-state index contributed by atoms with van der Waals surface area (Å²) in [5.74, 6) is 2.47. The van der Waals surface area contributed by atoms with E-state index < -0.39 is 6.36 Å². The molecule has 0 radical (unpaired) electrons. The number of piperazine rings is 1. The number of imidazole rings is 1. The van der Waals surface area contributed by atoms with Crippen LogP contribution in [0.4, 0.5) is 10.2 Å². The van der Waals surface area contributed by atoms with Gasteiger partial charge in [-0.1, -0.05) is 24.3 Å². The summed E-state index contributed by atoms with van der Waals surface area (Å²) in [6, 6.07) is 18.1. The first-order valence-corrected chi connectivity index (χ1v) is 11.4. The van der Waals surface area contributed by atoms with Gasteiger partial charge < -0.3 is 19.5 Å². The second-order valence-electron chi connectivity index (χ2n) is 8.36. The Balaban J connectivity index is 1.46. The first kappa shape index (κ1) is 21.4. The molecule has 1 saturated heterocycles. The van der Waals surface area contributed by atoms with Gasteiger partial charge in [0.15, 0.2) is 0 Å². The van der Waals surface area contributed by atoms with E-state index in [2.05, 4.69) is 39.0 Å². The predicted octanol–water partition coefficient (Wildman–Crippen LogP) is 4.56. The number of anilines is 1. The Morgan fingerprint density at radius 2 is 1.85 bits per heavy atom. The highest BCUT2D eigenvalue weighted by Crippen LogP contribution is 2.28. The van der Waals surface area contributed by atoms with Gasteiger partial charge in [-0.2, -0.15) is 0 Å². The largest absolute Gasteiger partial charge is 0.460 e. The standard InChI is InChI=1S/C26H28FN5O/c1-18(27)33-25-6-4-3-5-22(25)17-32-19(2)30-23-9-7-20(15-24(23)32)21-8-10-26(29-16-21)31-13-11-28-12-14-31/h3-10,15-16,18,28H,11-14,17H2,1-2H3. The number of nitrogens with zero attached hydrogens (tertiary/aromatic N) is 4. The van der Waals surface area contributed by atoms with Gasteiger partial charge in [0, 0.05) is 50.4 Å². The average molecular weight is 446 g/mol. The van der Waals surface area contributed by atoms with Crippen LogP contribution in [0, 0.1) is 6.92 Å². The van der Waals surface area contributed by atoms with Crippen molar-refractivity contribution in [1.82, 2.24) is 19.9 Å². The lowest BCUT2D eigenvalue weighted by Crippen LogP contribution is -2.43. The summed E-state index contributed by atoms with van der Waals surface area (Å²) in [6.45, 7) is 7.86. The summed E-state index contributed by atoms with van der Waals surface area (Å²) in [4.78, 5) is 11.8. The summed E-state index contributed by atoms with van der Waals surface area (Å²) >= 11 is 0. The van der Waals surface area contributed by atoms with Crippen LogP contribution in [0.2, 0.25) is 0 Å². The van der Waals surface area contributed by atoms with Crippen molar-refractivity contribution >= 4 is 16.9 Å². The third-order valence-electron chi connectivity index (χ3n) is 6.05. The van der Waals surface area contributed by atoms with Gasteiger partial charge in [-0.3, -0.25) is 0 Å². The molecule has 1 aliphatic rings. The maximum absolute atomic E-state index is 13.5. The van der Waals surface area contributed by atoms with E-state index in [1.807, 2.05) is 37.4 Å². The van der Waals surface area contributed by atoms with Gasteiger partial charge in [0.1, 0.15) is 17.4 Å². The average Bonchev–Trinajstić information content (AvgIpc) is 3.15. The highest BCUT2D eigenvalue weighted by molar-refractivity contribution is 5.83. The van der Waals surface area contributed by atoms with Crippen molar-refractivity contribution in [2.45, 2.75) is 26.7 Å². The minimum atomic E-state index is -1.37.